The SMILES string of the molecule is Cc1ccc(Cl)c(OCc2nnc(C(C)N)o2)c1. The van der Waals surface area contributed by atoms with Crippen LogP contribution in [0.3, 0.4) is 0 Å². The molecule has 0 saturated heterocycles. The summed E-state index contributed by atoms with van der Waals surface area (Å²) in [6.07, 6.45) is 0. The fraction of sp³-hybridized carbons (Fsp3) is 0.333. The number of benzene rings is 1. The van der Waals surface area contributed by atoms with Gasteiger partial charge in [0.05, 0.1) is 11.1 Å². The Balaban J connectivity index is 2.04. The second-order valence-electron chi connectivity index (χ2n) is 4.05. The van der Waals surface area contributed by atoms with E-state index in [0.29, 0.717) is 22.6 Å². The van der Waals surface area contributed by atoms with E-state index in [0.717, 1.165) is 5.56 Å². The van der Waals surface area contributed by atoms with E-state index in [1.54, 1.807) is 13.0 Å². The van der Waals surface area contributed by atoms with E-state index >= 15 is 0 Å². The highest BCUT2D eigenvalue weighted by Gasteiger charge is 2.11. The molecule has 1 aromatic heterocycles. The van der Waals surface area contributed by atoms with Crippen LogP contribution >= 0.6 is 11.6 Å². The third-order valence-electron chi connectivity index (χ3n) is 2.31. The summed E-state index contributed by atoms with van der Waals surface area (Å²) >= 11 is 6.01. The van der Waals surface area contributed by atoms with E-state index in [9.17, 15) is 0 Å². The largest absolute Gasteiger partial charge is 0.482 e. The standard InChI is InChI=1S/C12H14ClN3O2/c1-7-3-4-9(13)10(5-7)17-6-11-15-16-12(18-11)8(2)14/h3-5,8H,6,14H2,1-2H3. The van der Waals surface area contributed by atoms with Crippen molar-refractivity contribution in [2.45, 2.75) is 26.5 Å². The van der Waals surface area contributed by atoms with Gasteiger partial charge in [0, 0.05) is 0 Å². The molecule has 2 aromatic rings. The number of ether oxygens (including phenoxy) is 1. The summed E-state index contributed by atoms with van der Waals surface area (Å²) in [4.78, 5) is 0. The first kappa shape index (κ1) is 12.9. The zero-order chi connectivity index (χ0) is 13.1. The van der Waals surface area contributed by atoms with Gasteiger partial charge < -0.3 is 14.9 Å². The molecule has 1 unspecified atom stereocenters. The van der Waals surface area contributed by atoms with Gasteiger partial charge in [-0.3, -0.25) is 0 Å². The Bertz CT molecular complexity index is 540. The summed E-state index contributed by atoms with van der Waals surface area (Å²) in [5.74, 6) is 1.36. The monoisotopic (exact) mass is 267 g/mol. The van der Waals surface area contributed by atoms with Crippen LogP contribution < -0.4 is 10.5 Å². The molecule has 0 amide bonds. The second-order valence-corrected chi connectivity index (χ2v) is 4.45. The zero-order valence-corrected chi connectivity index (χ0v) is 10.9. The number of hydrogen-bond acceptors (Lipinski definition) is 5. The van der Waals surface area contributed by atoms with E-state index < -0.39 is 0 Å². The molecule has 1 heterocycles. The smallest absolute Gasteiger partial charge is 0.253 e. The number of aromatic nitrogens is 2. The summed E-state index contributed by atoms with van der Waals surface area (Å²) in [6.45, 7) is 3.91. The van der Waals surface area contributed by atoms with Crippen molar-refractivity contribution in [2.75, 3.05) is 0 Å². The average Bonchev–Trinajstić information content (AvgIpc) is 2.79. The average molecular weight is 268 g/mol. The number of nitrogens with two attached hydrogens (primary N) is 1. The van der Waals surface area contributed by atoms with Crippen LogP contribution in [0.5, 0.6) is 5.75 Å². The maximum Gasteiger partial charge on any atom is 0.253 e. The summed E-state index contributed by atoms with van der Waals surface area (Å²) in [5.41, 5.74) is 6.69. The summed E-state index contributed by atoms with van der Waals surface area (Å²) < 4.78 is 10.8. The van der Waals surface area contributed by atoms with Crippen LogP contribution in [0.1, 0.15) is 30.3 Å². The number of aryl methyl sites for hydroxylation is 1. The maximum absolute atomic E-state index is 6.01. The van der Waals surface area contributed by atoms with Gasteiger partial charge in [-0.05, 0) is 31.5 Å². The number of hydrogen-bond donors (Lipinski definition) is 1. The van der Waals surface area contributed by atoms with Crippen LogP contribution in [0.4, 0.5) is 0 Å². The molecule has 0 aliphatic heterocycles. The lowest BCUT2D eigenvalue weighted by atomic mass is 10.2. The molecule has 0 saturated carbocycles. The Morgan fingerprint density at radius 2 is 2.22 bits per heavy atom. The van der Waals surface area contributed by atoms with Crippen LogP contribution in [0.2, 0.25) is 5.02 Å². The third kappa shape index (κ3) is 3.00. The van der Waals surface area contributed by atoms with Crippen molar-refractivity contribution in [3.63, 3.8) is 0 Å². The molecule has 5 nitrogen and oxygen atoms in total. The predicted molar refractivity (Wildman–Crippen MR) is 67.4 cm³/mol. The molecule has 0 bridgehead atoms. The van der Waals surface area contributed by atoms with Crippen molar-refractivity contribution in [1.29, 1.82) is 0 Å². The summed E-state index contributed by atoms with van der Waals surface area (Å²) in [7, 11) is 0. The lowest BCUT2D eigenvalue weighted by molar-refractivity contribution is 0.257. The molecule has 2 N–H and O–H groups in total. The minimum Gasteiger partial charge on any atom is -0.482 e. The Labute approximate surface area is 110 Å². The zero-order valence-electron chi connectivity index (χ0n) is 10.2. The molecular weight excluding hydrogens is 254 g/mol. The van der Waals surface area contributed by atoms with E-state index in [4.69, 9.17) is 26.5 Å². The Morgan fingerprint density at radius 3 is 2.89 bits per heavy atom. The van der Waals surface area contributed by atoms with Gasteiger partial charge in [-0.1, -0.05) is 17.7 Å². The van der Waals surface area contributed by atoms with Gasteiger partial charge in [0.25, 0.3) is 5.89 Å². The normalized spacial score (nSPS) is 12.4. The molecule has 0 spiro atoms. The molecule has 0 aliphatic carbocycles. The van der Waals surface area contributed by atoms with E-state index in [1.807, 2.05) is 19.1 Å². The van der Waals surface area contributed by atoms with Gasteiger partial charge in [-0.15, -0.1) is 10.2 Å². The van der Waals surface area contributed by atoms with Gasteiger partial charge in [0.1, 0.15) is 5.75 Å². The first-order valence-corrected chi connectivity index (χ1v) is 5.91. The molecule has 1 aromatic carbocycles. The van der Waals surface area contributed by atoms with Gasteiger partial charge in [-0.25, -0.2) is 0 Å². The molecule has 2 rings (SSSR count). The van der Waals surface area contributed by atoms with Crippen LogP contribution in [0.25, 0.3) is 0 Å². The van der Waals surface area contributed by atoms with Crippen molar-refractivity contribution in [1.82, 2.24) is 10.2 Å². The van der Waals surface area contributed by atoms with Gasteiger partial charge in [0.15, 0.2) is 6.61 Å². The maximum atomic E-state index is 6.01. The Kier molecular flexibility index (Phi) is 3.84. The fourth-order valence-electron chi connectivity index (χ4n) is 1.37. The Hall–Kier alpha value is -1.59. The molecule has 18 heavy (non-hydrogen) atoms. The predicted octanol–water partition coefficient (Wildman–Crippen LogP) is 2.63. The number of rotatable bonds is 4. The van der Waals surface area contributed by atoms with Crippen molar-refractivity contribution in [3.05, 3.63) is 40.6 Å². The highest BCUT2D eigenvalue weighted by molar-refractivity contribution is 6.32. The van der Waals surface area contributed by atoms with E-state index in [-0.39, 0.29) is 12.6 Å². The second kappa shape index (κ2) is 5.37. The Morgan fingerprint density at radius 1 is 1.44 bits per heavy atom. The van der Waals surface area contributed by atoms with Crippen LogP contribution in [-0.4, -0.2) is 10.2 Å². The van der Waals surface area contributed by atoms with Crippen molar-refractivity contribution in [3.8, 4) is 5.75 Å². The minimum atomic E-state index is -0.284. The first-order chi connectivity index (χ1) is 8.56. The number of halogens is 1. The van der Waals surface area contributed by atoms with Crippen molar-refractivity contribution >= 4 is 11.6 Å². The van der Waals surface area contributed by atoms with Crippen LogP contribution in [0.15, 0.2) is 22.6 Å². The molecule has 0 radical (unpaired) electrons. The third-order valence-corrected chi connectivity index (χ3v) is 2.62. The van der Waals surface area contributed by atoms with E-state index in [2.05, 4.69) is 10.2 Å². The van der Waals surface area contributed by atoms with E-state index in [1.165, 1.54) is 0 Å². The van der Waals surface area contributed by atoms with Crippen molar-refractivity contribution < 1.29 is 9.15 Å². The van der Waals surface area contributed by atoms with Crippen molar-refractivity contribution in [2.24, 2.45) is 5.73 Å². The van der Waals surface area contributed by atoms with Gasteiger partial charge in [-0.2, -0.15) is 0 Å². The highest BCUT2D eigenvalue weighted by Crippen LogP contribution is 2.26. The minimum absolute atomic E-state index is 0.170. The number of nitrogens with zero attached hydrogens (tertiary/aromatic N) is 2. The topological polar surface area (TPSA) is 74.2 Å². The van der Waals surface area contributed by atoms with Crippen LogP contribution in [0, 0.1) is 6.92 Å². The highest BCUT2D eigenvalue weighted by atomic mass is 35.5. The van der Waals surface area contributed by atoms with Gasteiger partial charge in [0.2, 0.25) is 5.89 Å². The molecular formula is C12H14ClN3O2. The lowest BCUT2D eigenvalue weighted by Gasteiger charge is -2.06. The first-order valence-electron chi connectivity index (χ1n) is 5.53. The molecule has 96 valence electrons. The molecule has 1 atom stereocenters. The molecule has 0 aliphatic rings. The molecule has 6 heteroatoms. The fourth-order valence-corrected chi connectivity index (χ4v) is 1.54. The summed E-state index contributed by atoms with van der Waals surface area (Å²) in [6, 6.07) is 5.27. The van der Waals surface area contributed by atoms with Gasteiger partial charge >= 0.3 is 0 Å². The lowest BCUT2D eigenvalue weighted by Crippen LogP contribution is -2.04. The quantitative estimate of drug-likeness (QED) is 0.922. The van der Waals surface area contributed by atoms with Crippen LogP contribution in [-0.2, 0) is 6.61 Å². The molecule has 0 fully saturated rings. The summed E-state index contributed by atoms with van der Waals surface area (Å²) in [5, 5.41) is 8.20.